The van der Waals surface area contributed by atoms with E-state index < -0.39 is 16.7 Å². The fourth-order valence-electron chi connectivity index (χ4n) is 3.25. The minimum atomic E-state index is -0.573. The van der Waals surface area contributed by atoms with Gasteiger partial charge in [0.2, 0.25) is 5.91 Å². The van der Waals surface area contributed by atoms with E-state index in [0.29, 0.717) is 10.9 Å². The minimum absolute atomic E-state index is 0.180. The number of aromatic nitrogens is 1. The van der Waals surface area contributed by atoms with Gasteiger partial charge in [-0.05, 0) is 37.3 Å². The highest BCUT2D eigenvalue weighted by molar-refractivity contribution is 7.16. The molecular formula is C21H18N4O6S. The molecule has 0 bridgehead atoms. The van der Waals surface area contributed by atoms with E-state index in [-0.39, 0.29) is 24.5 Å². The van der Waals surface area contributed by atoms with Crippen LogP contribution in [0.3, 0.4) is 0 Å². The summed E-state index contributed by atoms with van der Waals surface area (Å²) < 4.78 is 10.5. The van der Waals surface area contributed by atoms with Gasteiger partial charge in [0.1, 0.15) is 18.0 Å². The maximum atomic E-state index is 12.7. The third kappa shape index (κ3) is 4.23. The van der Waals surface area contributed by atoms with Crippen molar-refractivity contribution in [3.05, 3.63) is 57.5 Å². The van der Waals surface area contributed by atoms with E-state index in [9.17, 15) is 19.7 Å². The third-order valence-corrected chi connectivity index (χ3v) is 5.69. The number of nitro benzene ring substituents is 1. The first-order chi connectivity index (χ1) is 15.4. The third-order valence-electron chi connectivity index (χ3n) is 4.80. The second-order valence-corrected chi connectivity index (χ2v) is 8.08. The summed E-state index contributed by atoms with van der Waals surface area (Å²) in [7, 11) is 1.59. The molecular weight excluding hydrogens is 436 g/mol. The summed E-state index contributed by atoms with van der Waals surface area (Å²) in [6, 6.07) is 11.3. The number of ether oxygens (including phenoxy) is 2. The number of amides is 2. The molecule has 0 unspecified atom stereocenters. The van der Waals surface area contributed by atoms with Gasteiger partial charge in [-0.25, -0.2) is 4.98 Å². The lowest BCUT2D eigenvalue weighted by Crippen LogP contribution is -2.43. The fourth-order valence-corrected chi connectivity index (χ4v) is 4.10. The van der Waals surface area contributed by atoms with E-state index in [0.717, 1.165) is 21.9 Å². The summed E-state index contributed by atoms with van der Waals surface area (Å²) in [4.78, 5) is 42.1. The molecule has 10 nitrogen and oxygen atoms in total. The van der Waals surface area contributed by atoms with Gasteiger partial charge in [-0.15, -0.1) is 11.3 Å². The van der Waals surface area contributed by atoms with Gasteiger partial charge < -0.3 is 14.8 Å². The quantitative estimate of drug-likeness (QED) is 0.447. The predicted octanol–water partition coefficient (Wildman–Crippen LogP) is 3.40. The molecule has 0 aliphatic carbocycles. The molecule has 164 valence electrons. The summed E-state index contributed by atoms with van der Waals surface area (Å²) in [5, 5.41) is 14.2. The van der Waals surface area contributed by atoms with Crippen LogP contribution in [0.4, 0.5) is 16.5 Å². The Labute approximate surface area is 186 Å². The van der Waals surface area contributed by atoms with Crippen LogP contribution >= 0.6 is 11.3 Å². The first kappa shape index (κ1) is 21.2. The van der Waals surface area contributed by atoms with Crippen molar-refractivity contribution in [3.63, 3.8) is 0 Å². The Kier molecular flexibility index (Phi) is 5.73. The number of non-ortho nitro benzene ring substituents is 1. The van der Waals surface area contributed by atoms with Crippen molar-refractivity contribution < 1.29 is 24.0 Å². The van der Waals surface area contributed by atoms with Gasteiger partial charge in [-0.1, -0.05) is 0 Å². The van der Waals surface area contributed by atoms with E-state index in [1.165, 1.54) is 34.4 Å². The highest BCUT2D eigenvalue weighted by Crippen LogP contribution is 2.35. The second kappa shape index (κ2) is 8.63. The number of hydrogen-bond acceptors (Lipinski definition) is 8. The van der Waals surface area contributed by atoms with Crippen molar-refractivity contribution in [1.82, 2.24) is 4.98 Å². The van der Waals surface area contributed by atoms with E-state index >= 15 is 0 Å². The Morgan fingerprint density at radius 3 is 2.75 bits per heavy atom. The lowest BCUT2D eigenvalue weighted by atomic mass is 10.1. The number of nitrogens with one attached hydrogen (secondary N) is 1. The maximum absolute atomic E-state index is 12.7. The monoisotopic (exact) mass is 454 g/mol. The molecule has 2 aromatic carbocycles. The number of methoxy groups -OCH3 is 1. The Morgan fingerprint density at radius 1 is 1.31 bits per heavy atom. The van der Waals surface area contributed by atoms with Crippen molar-refractivity contribution in [3.8, 4) is 22.8 Å². The summed E-state index contributed by atoms with van der Waals surface area (Å²) >= 11 is 1.31. The Bertz CT molecular complexity index is 1210. The van der Waals surface area contributed by atoms with Gasteiger partial charge in [0.25, 0.3) is 11.6 Å². The Balaban J connectivity index is 1.51. The number of nitro groups is 1. The number of nitrogens with zero attached hydrogens (tertiary/aromatic N) is 3. The largest absolute Gasteiger partial charge is 0.497 e. The van der Waals surface area contributed by atoms with Gasteiger partial charge in [0.05, 0.1) is 23.4 Å². The van der Waals surface area contributed by atoms with Crippen LogP contribution < -0.4 is 19.7 Å². The molecule has 0 saturated carbocycles. The molecule has 0 fully saturated rings. The highest BCUT2D eigenvalue weighted by Gasteiger charge is 2.29. The number of thiazole rings is 1. The molecule has 3 aromatic rings. The zero-order valence-electron chi connectivity index (χ0n) is 17.2. The van der Waals surface area contributed by atoms with Crippen molar-refractivity contribution >= 4 is 39.7 Å². The predicted molar refractivity (Wildman–Crippen MR) is 118 cm³/mol. The van der Waals surface area contributed by atoms with Gasteiger partial charge in [-0.2, -0.15) is 0 Å². The van der Waals surface area contributed by atoms with Crippen LogP contribution in [-0.2, 0) is 9.59 Å². The first-order valence-corrected chi connectivity index (χ1v) is 10.3. The lowest BCUT2D eigenvalue weighted by Gasteiger charge is -2.28. The second-order valence-electron chi connectivity index (χ2n) is 6.88. The Hall–Kier alpha value is -3.99. The van der Waals surface area contributed by atoms with Crippen molar-refractivity contribution in [2.45, 2.75) is 6.92 Å². The zero-order chi connectivity index (χ0) is 22.8. The van der Waals surface area contributed by atoms with E-state index in [1.807, 2.05) is 31.2 Å². The molecule has 1 aromatic heterocycles. The van der Waals surface area contributed by atoms with Crippen LogP contribution in [0.15, 0.2) is 42.5 Å². The number of hydrogen-bond donors (Lipinski definition) is 1. The number of rotatable bonds is 6. The van der Waals surface area contributed by atoms with Gasteiger partial charge in [-0.3, -0.25) is 24.6 Å². The van der Waals surface area contributed by atoms with Crippen molar-refractivity contribution in [2.75, 3.05) is 30.5 Å². The summed E-state index contributed by atoms with van der Waals surface area (Å²) in [5.41, 5.74) is 1.59. The molecule has 1 aliphatic rings. The standard InChI is InChI=1S/C21H18N4O6S/c1-12-20(13-3-6-15(30-2)7-4-13)23-21(32-12)22-18(26)10-24-16-9-14(25(28)29)5-8-17(16)31-11-19(24)27/h3-9H,10-11H2,1-2H3,(H,22,23,26). The first-order valence-electron chi connectivity index (χ1n) is 9.49. The number of carbonyl (C=O) groups is 2. The van der Waals surface area contributed by atoms with Crippen LogP contribution in [0, 0.1) is 17.0 Å². The molecule has 1 aliphatic heterocycles. The van der Waals surface area contributed by atoms with Gasteiger partial charge >= 0.3 is 0 Å². The maximum Gasteiger partial charge on any atom is 0.271 e. The summed E-state index contributed by atoms with van der Waals surface area (Å²) in [5.74, 6) is 0.0795. The average Bonchev–Trinajstić information content (AvgIpc) is 3.15. The highest BCUT2D eigenvalue weighted by atomic mass is 32.1. The molecule has 0 atom stereocenters. The van der Waals surface area contributed by atoms with Crippen molar-refractivity contribution in [2.24, 2.45) is 0 Å². The van der Waals surface area contributed by atoms with Crippen molar-refractivity contribution in [1.29, 1.82) is 0 Å². The van der Waals surface area contributed by atoms with Crippen LogP contribution in [0.2, 0.25) is 0 Å². The topological polar surface area (TPSA) is 124 Å². The molecule has 4 rings (SSSR count). The summed E-state index contributed by atoms with van der Waals surface area (Å²) in [6.07, 6.45) is 0. The summed E-state index contributed by atoms with van der Waals surface area (Å²) in [6.45, 7) is 1.32. The van der Waals surface area contributed by atoms with Crippen LogP contribution in [-0.4, -0.2) is 42.0 Å². The molecule has 11 heteroatoms. The molecule has 0 spiro atoms. The fraction of sp³-hybridized carbons (Fsp3) is 0.190. The van der Waals surface area contributed by atoms with E-state index in [4.69, 9.17) is 9.47 Å². The van der Waals surface area contributed by atoms with E-state index in [1.54, 1.807) is 7.11 Å². The molecule has 2 heterocycles. The zero-order valence-corrected chi connectivity index (χ0v) is 18.0. The number of anilines is 2. The minimum Gasteiger partial charge on any atom is -0.497 e. The molecule has 2 amide bonds. The van der Waals surface area contributed by atoms with Gasteiger partial charge in [0, 0.05) is 22.6 Å². The van der Waals surface area contributed by atoms with Crippen LogP contribution in [0.25, 0.3) is 11.3 Å². The molecule has 0 saturated heterocycles. The normalized spacial score (nSPS) is 12.7. The number of benzene rings is 2. The van der Waals surface area contributed by atoms with Crippen LogP contribution in [0.5, 0.6) is 11.5 Å². The Morgan fingerprint density at radius 2 is 2.06 bits per heavy atom. The number of fused-ring (bicyclic) bond motifs is 1. The number of aryl methyl sites for hydroxylation is 1. The van der Waals surface area contributed by atoms with E-state index in [2.05, 4.69) is 10.3 Å². The number of carbonyl (C=O) groups excluding carboxylic acids is 2. The smallest absolute Gasteiger partial charge is 0.271 e. The average molecular weight is 454 g/mol. The van der Waals surface area contributed by atoms with Crippen LogP contribution in [0.1, 0.15) is 4.88 Å². The van der Waals surface area contributed by atoms with Gasteiger partial charge in [0.15, 0.2) is 11.7 Å². The lowest BCUT2D eigenvalue weighted by molar-refractivity contribution is -0.384. The molecule has 0 radical (unpaired) electrons. The molecule has 32 heavy (non-hydrogen) atoms. The molecule has 1 N–H and O–H groups in total. The SMILES string of the molecule is COc1ccc(-c2nc(NC(=O)CN3C(=O)COc4ccc([N+](=O)[O-])cc43)sc2C)cc1.